The molecule has 1 unspecified atom stereocenters. The molecule has 1 aromatic heterocycles. The lowest BCUT2D eigenvalue weighted by Gasteiger charge is -2.14. The van der Waals surface area contributed by atoms with Crippen LogP contribution in [0.4, 0.5) is 0 Å². The van der Waals surface area contributed by atoms with Crippen molar-refractivity contribution >= 4 is 0 Å². The Balaban J connectivity index is 2.42. The standard InChI is InChI=1S/C15H28N2/c1-4-6-8-9-11-14(10-7-5-2)15-12-17(3)13-16-15/h12-14H,4-11H2,1-3H3. The Morgan fingerprint density at radius 2 is 1.76 bits per heavy atom. The van der Waals surface area contributed by atoms with E-state index < -0.39 is 0 Å². The Bertz CT molecular complexity index is 291. The second-order valence-corrected chi connectivity index (χ2v) is 5.15. The number of hydrogen-bond acceptors (Lipinski definition) is 1. The fourth-order valence-electron chi connectivity index (χ4n) is 2.35. The number of rotatable bonds is 9. The first-order valence-electron chi connectivity index (χ1n) is 7.25. The molecule has 0 saturated carbocycles. The van der Waals surface area contributed by atoms with Crippen molar-refractivity contribution in [1.29, 1.82) is 0 Å². The molecular formula is C15H28N2. The molecular weight excluding hydrogens is 208 g/mol. The van der Waals surface area contributed by atoms with Gasteiger partial charge in [-0.3, -0.25) is 0 Å². The van der Waals surface area contributed by atoms with E-state index in [1.807, 2.05) is 6.33 Å². The van der Waals surface area contributed by atoms with Crippen LogP contribution in [0.1, 0.15) is 76.8 Å². The highest BCUT2D eigenvalue weighted by atomic mass is 15.0. The van der Waals surface area contributed by atoms with Crippen LogP contribution in [0.15, 0.2) is 12.5 Å². The zero-order valence-electron chi connectivity index (χ0n) is 11.8. The number of nitrogens with zero attached hydrogens (tertiary/aromatic N) is 2. The third-order valence-electron chi connectivity index (χ3n) is 3.46. The minimum atomic E-state index is 0.688. The molecule has 1 aromatic rings. The molecule has 0 aliphatic heterocycles. The molecule has 2 heteroatoms. The van der Waals surface area contributed by atoms with E-state index in [0.29, 0.717) is 5.92 Å². The topological polar surface area (TPSA) is 17.8 Å². The molecule has 1 heterocycles. The van der Waals surface area contributed by atoms with Gasteiger partial charge >= 0.3 is 0 Å². The first-order chi connectivity index (χ1) is 8.27. The molecule has 1 rings (SSSR count). The van der Waals surface area contributed by atoms with Gasteiger partial charge in [0.05, 0.1) is 12.0 Å². The van der Waals surface area contributed by atoms with Gasteiger partial charge in [0.25, 0.3) is 0 Å². The number of hydrogen-bond donors (Lipinski definition) is 0. The minimum absolute atomic E-state index is 0.688. The van der Waals surface area contributed by atoms with E-state index in [-0.39, 0.29) is 0 Å². The lowest BCUT2D eigenvalue weighted by Crippen LogP contribution is -2.00. The quantitative estimate of drug-likeness (QED) is 0.570. The van der Waals surface area contributed by atoms with Crippen LogP contribution in [0, 0.1) is 0 Å². The molecule has 98 valence electrons. The van der Waals surface area contributed by atoms with Crippen molar-refractivity contribution < 1.29 is 0 Å². The van der Waals surface area contributed by atoms with E-state index in [1.54, 1.807) is 0 Å². The third-order valence-corrected chi connectivity index (χ3v) is 3.46. The van der Waals surface area contributed by atoms with Crippen LogP contribution in [0.5, 0.6) is 0 Å². The number of imidazole rings is 1. The van der Waals surface area contributed by atoms with Gasteiger partial charge in [0, 0.05) is 19.2 Å². The fraction of sp³-hybridized carbons (Fsp3) is 0.800. The Kier molecular flexibility index (Phi) is 6.99. The molecule has 0 bridgehead atoms. The van der Waals surface area contributed by atoms with Crippen molar-refractivity contribution in [1.82, 2.24) is 9.55 Å². The van der Waals surface area contributed by atoms with E-state index in [2.05, 4.69) is 36.6 Å². The second-order valence-electron chi connectivity index (χ2n) is 5.15. The van der Waals surface area contributed by atoms with Crippen molar-refractivity contribution in [2.24, 2.45) is 7.05 Å². The molecule has 0 saturated heterocycles. The predicted octanol–water partition coefficient (Wildman–Crippen LogP) is 4.66. The Morgan fingerprint density at radius 1 is 1.06 bits per heavy atom. The molecule has 0 amide bonds. The minimum Gasteiger partial charge on any atom is -0.340 e. The SMILES string of the molecule is CCCCCCC(CCCC)c1cn(C)cn1. The number of aryl methyl sites for hydroxylation is 1. The molecule has 1 atom stereocenters. The van der Waals surface area contributed by atoms with Crippen molar-refractivity contribution in [3.8, 4) is 0 Å². The van der Waals surface area contributed by atoms with Crippen molar-refractivity contribution in [2.75, 3.05) is 0 Å². The highest BCUT2D eigenvalue weighted by Crippen LogP contribution is 2.26. The highest BCUT2D eigenvalue weighted by molar-refractivity contribution is 5.04. The molecule has 0 aromatic carbocycles. The van der Waals surface area contributed by atoms with Crippen molar-refractivity contribution in [2.45, 2.75) is 71.1 Å². The normalized spacial score (nSPS) is 12.9. The van der Waals surface area contributed by atoms with Gasteiger partial charge in [0.1, 0.15) is 0 Å². The lowest BCUT2D eigenvalue weighted by molar-refractivity contribution is 0.501. The monoisotopic (exact) mass is 236 g/mol. The van der Waals surface area contributed by atoms with Crippen LogP contribution < -0.4 is 0 Å². The van der Waals surface area contributed by atoms with Gasteiger partial charge in [0.2, 0.25) is 0 Å². The zero-order chi connectivity index (χ0) is 12.5. The van der Waals surface area contributed by atoms with Crippen molar-refractivity contribution in [3.05, 3.63) is 18.2 Å². The maximum absolute atomic E-state index is 4.53. The van der Waals surface area contributed by atoms with Gasteiger partial charge in [-0.2, -0.15) is 0 Å². The van der Waals surface area contributed by atoms with Gasteiger partial charge in [-0.25, -0.2) is 4.98 Å². The fourth-order valence-corrected chi connectivity index (χ4v) is 2.35. The van der Waals surface area contributed by atoms with E-state index in [0.717, 1.165) is 0 Å². The summed E-state index contributed by atoms with van der Waals surface area (Å²) in [4.78, 5) is 4.53. The average molecular weight is 236 g/mol. The van der Waals surface area contributed by atoms with Crippen LogP contribution in [-0.4, -0.2) is 9.55 Å². The summed E-state index contributed by atoms with van der Waals surface area (Å²) in [5.41, 5.74) is 1.30. The second kappa shape index (κ2) is 8.32. The van der Waals surface area contributed by atoms with Crippen molar-refractivity contribution in [3.63, 3.8) is 0 Å². The number of unbranched alkanes of at least 4 members (excludes halogenated alkanes) is 4. The average Bonchev–Trinajstić information content (AvgIpc) is 2.75. The molecule has 0 N–H and O–H groups in total. The van der Waals surface area contributed by atoms with E-state index in [9.17, 15) is 0 Å². The van der Waals surface area contributed by atoms with Crippen LogP contribution in [0.3, 0.4) is 0 Å². The van der Waals surface area contributed by atoms with Gasteiger partial charge in [0.15, 0.2) is 0 Å². The number of aromatic nitrogens is 2. The largest absolute Gasteiger partial charge is 0.340 e. The molecule has 0 aliphatic rings. The van der Waals surface area contributed by atoms with Gasteiger partial charge in [-0.15, -0.1) is 0 Å². The summed E-state index contributed by atoms with van der Waals surface area (Å²) in [5.74, 6) is 0.688. The van der Waals surface area contributed by atoms with E-state index in [4.69, 9.17) is 0 Å². The zero-order valence-corrected chi connectivity index (χ0v) is 11.8. The smallest absolute Gasteiger partial charge is 0.0946 e. The van der Waals surface area contributed by atoms with Crippen LogP contribution in [0.25, 0.3) is 0 Å². The Hall–Kier alpha value is -0.790. The van der Waals surface area contributed by atoms with E-state index >= 15 is 0 Å². The van der Waals surface area contributed by atoms with E-state index in [1.165, 1.54) is 57.1 Å². The summed E-state index contributed by atoms with van der Waals surface area (Å²) < 4.78 is 2.07. The molecule has 17 heavy (non-hydrogen) atoms. The maximum Gasteiger partial charge on any atom is 0.0946 e. The van der Waals surface area contributed by atoms with Crippen LogP contribution in [0.2, 0.25) is 0 Å². The Labute approximate surface area is 106 Å². The molecule has 0 aliphatic carbocycles. The Morgan fingerprint density at radius 3 is 2.35 bits per heavy atom. The first kappa shape index (κ1) is 14.3. The van der Waals surface area contributed by atoms with Gasteiger partial charge in [-0.05, 0) is 12.8 Å². The molecule has 0 fully saturated rings. The molecule has 2 nitrogen and oxygen atoms in total. The predicted molar refractivity (Wildman–Crippen MR) is 74.2 cm³/mol. The molecule has 0 radical (unpaired) electrons. The summed E-state index contributed by atoms with van der Waals surface area (Å²) in [6.45, 7) is 4.54. The summed E-state index contributed by atoms with van der Waals surface area (Å²) in [7, 11) is 2.06. The summed E-state index contributed by atoms with van der Waals surface area (Å²) in [5, 5.41) is 0. The van der Waals surface area contributed by atoms with Crippen LogP contribution in [-0.2, 0) is 7.05 Å². The highest BCUT2D eigenvalue weighted by Gasteiger charge is 2.13. The first-order valence-corrected chi connectivity index (χ1v) is 7.25. The molecule has 0 spiro atoms. The summed E-state index contributed by atoms with van der Waals surface area (Å²) >= 11 is 0. The summed E-state index contributed by atoms with van der Waals surface area (Å²) in [6, 6.07) is 0. The van der Waals surface area contributed by atoms with Crippen LogP contribution >= 0.6 is 0 Å². The third kappa shape index (κ3) is 5.38. The summed E-state index contributed by atoms with van der Waals surface area (Å²) in [6.07, 6.45) is 14.8. The lowest BCUT2D eigenvalue weighted by atomic mass is 9.93. The maximum atomic E-state index is 4.53. The van der Waals surface area contributed by atoms with Gasteiger partial charge in [-0.1, -0.05) is 52.4 Å². The van der Waals surface area contributed by atoms with Gasteiger partial charge < -0.3 is 4.57 Å².